The van der Waals surface area contributed by atoms with Gasteiger partial charge in [-0.25, -0.2) is 0 Å². The highest BCUT2D eigenvalue weighted by Crippen LogP contribution is 2.16. The SMILES string of the molecule is Cc1ccc(NC(=O)/C(C#N)=C\NC(C)C(=O)O)c(C)c1. The van der Waals surface area contributed by atoms with Gasteiger partial charge in [0.2, 0.25) is 0 Å². The summed E-state index contributed by atoms with van der Waals surface area (Å²) in [6.07, 6.45) is 1.11. The largest absolute Gasteiger partial charge is 0.480 e. The molecule has 1 atom stereocenters. The van der Waals surface area contributed by atoms with Crippen molar-refractivity contribution < 1.29 is 14.7 Å². The van der Waals surface area contributed by atoms with Gasteiger partial charge in [0.15, 0.2) is 0 Å². The lowest BCUT2D eigenvalue weighted by Crippen LogP contribution is -2.30. The Bertz CT molecular complexity index is 630. The van der Waals surface area contributed by atoms with E-state index in [2.05, 4.69) is 10.6 Å². The average Bonchev–Trinajstić information content (AvgIpc) is 2.42. The summed E-state index contributed by atoms with van der Waals surface area (Å²) in [6.45, 7) is 5.20. The number of hydrogen-bond donors (Lipinski definition) is 3. The van der Waals surface area contributed by atoms with Crippen LogP contribution in [0.4, 0.5) is 5.69 Å². The molecule has 1 rings (SSSR count). The van der Waals surface area contributed by atoms with Crippen LogP contribution in [0.1, 0.15) is 18.1 Å². The van der Waals surface area contributed by atoms with Crippen LogP contribution >= 0.6 is 0 Å². The molecule has 21 heavy (non-hydrogen) atoms. The zero-order valence-corrected chi connectivity index (χ0v) is 12.1. The highest BCUT2D eigenvalue weighted by molar-refractivity contribution is 6.06. The van der Waals surface area contributed by atoms with Crippen molar-refractivity contribution in [2.45, 2.75) is 26.8 Å². The van der Waals surface area contributed by atoms with Crippen LogP contribution in [-0.2, 0) is 9.59 Å². The molecule has 0 aliphatic carbocycles. The van der Waals surface area contributed by atoms with E-state index in [9.17, 15) is 9.59 Å². The number of carbonyl (C=O) groups is 2. The van der Waals surface area contributed by atoms with Crippen molar-refractivity contribution in [2.75, 3.05) is 5.32 Å². The van der Waals surface area contributed by atoms with Crippen LogP contribution in [0.15, 0.2) is 30.0 Å². The number of aliphatic carboxylic acids is 1. The molecular weight excluding hydrogens is 270 g/mol. The van der Waals surface area contributed by atoms with Gasteiger partial charge in [0.1, 0.15) is 17.7 Å². The normalized spacial score (nSPS) is 12.2. The summed E-state index contributed by atoms with van der Waals surface area (Å²) in [4.78, 5) is 22.6. The number of carboxylic acids is 1. The Morgan fingerprint density at radius 1 is 1.38 bits per heavy atom. The molecule has 0 heterocycles. The molecule has 0 aromatic heterocycles. The van der Waals surface area contributed by atoms with Gasteiger partial charge in [-0.05, 0) is 32.4 Å². The summed E-state index contributed by atoms with van der Waals surface area (Å²) in [6, 6.07) is 6.37. The minimum absolute atomic E-state index is 0.192. The van der Waals surface area contributed by atoms with Crippen LogP contribution < -0.4 is 10.6 Å². The summed E-state index contributed by atoms with van der Waals surface area (Å²) in [7, 11) is 0. The standard InChI is InChI=1S/C15H17N3O3/c1-9-4-5-13(10(2)6-9)18-14(19)12(7-16)8-17-11(3)15(20)21/h4-6,8,11,17H,1-3H3,(H,18,19)(H,20,21)/b12-8-. The van der Waals surface area contributed by atoms with Crippen LogP contribution in [0.25, 0.3) is 0 Å². The Morgan fingerprint density at radius 2 is 2.05 bits per heavy atom. The highest BCUT2D eigenvalue weighted by atomic mass is 16.4. The predicted molar refractivity (Wildman–Crippen MR) is 78.5 cm³/mol. The quantitative estimate of drug-likeness (QED) is 0.565. The van der Waals surface area contributed by atoms with Crippen LogP contribution in [0.3, 0.4) is 0 Å². The van der Waals surface area contributed by atoms with E-state index in [0.717, 1.165) is 17.3 Å². The Morgan fingerprint density at radius 3 is 2.57 bits per heavy atom. The van der Waals surface area contributed by atoms with Gasteiger partial charge in [0.25, 0.3) is 5.91 Å². The molecule has 1 unspecified atom stereocenters. The van der Waals surface area contributed by atoms with Gasteiger partial charge in [-0.1, -0.05) is 17.7 Å². The first-order valence-corrected chi connectivity index (χ1v) is 6.33. The molecule has 1 aromatic rings. The van der Waals surface area contributed by atoms with Crippen LogP contribution in [0, 0.1) is 25.2 Å². The Kier molecular flexibility index (Phi) is 5.49. The fraction of sp³-hybridized carbons (Fsp3) is 0.267. The number of rotatable bonds is 5. The molecule has 0 spiro atoms. The highest BCUT2D eigenvalue weighted by Gasteiger charge is 2.13. The number of carbonyl (C=O) groups excluding carboxylic acids is 1. The van der Waals surface area contributed by atoms with Gasteiger partial charge >= 0.3 is 5.97 Å². The van der Waals surface area contributed by atoms with E-state index in [-0.39, 0.29) is 5.57 Å². The summed E-state index contributed by atoms with van der Waals surface area (Å²) in [5.41, 5.74) is 2.37. The Hall–Kier alpha value is -2.81. The van der Waals surface area contributed by atoms with Crippen LogP contribution in [-0.4, -0.2) is 23.0 Å². The summed E-state index contributed by atoms with van der Waals surface area (Å²) in [5, 5.41) is 22.8. The maximum absolute atomic E-state index is 12.0. The van der Waals surface area contributed by atoms with Crippen molar-refractivity contribution in [2.24, 2.45) is 0 Å². The van der Waals surface area contributed by atoms with E-state index in [1.807, 2.05) is 26.0 Å². The molecule has 0 aliphatic heterocycles. The second-order valence-corrected chi connectivity index (χ2v) is 4.67. The van der Waals surface area contributed by atoms with E-state index in [0.29, 0.717) is 5.69 Å². The monoisotopic (exact) mass is 287 g/mol. The number of anilines is 1. The Balaban J connectivity index is 2.83. The molecule has 6 nitrogen and oxygen atoms in total. The molecule has 0 saturated heterocycles. The van der Waals surface area contributed by atoms with Gasteiger partial charge in [0.05, 0.1) is 0 Å². The van der Waals surface area contributed by atoms with E-state index < -0.39 is 17.9 Å². The first kappa shape index (κ1) is 16.2. The van der Waals surface area contributed by atoms with Crippen LogP contribution in [0.5, 0.6) is 0 Å². The fourth-order valence-electron chi connectivity index (χ4n) is 1.57. The lowest BCUT2D eigenvalue weighted by atomic mass is 10.1. The van der Waals surface area contributed by atoms with E-state index >= 15 is 0 Å². The second kappa shape index (κ2) is 7.10. The molecule has 1 aromatic carbocycles. The lowest BCUT2D eigenvalue weighted by molar-refractivity contribution is -0.138. The number of benzene rings is 1. The molecule has 0 saturated carbocycles. The van der Waals surface area contributed by atoms with Gasteiger partial charge in [-0.15, -0.1) is 0 Å². The summed E-state index contributed by atoms with van der Waals surface area (Å²) in [5.74, 6) is -1.66. The molecule has 3 N–H and O–H groups in total. The first-order chi connectivity index (χ1) is 9.85. The zero-order chi connectivity index (χ0) is 16.0. The average molecular weight is 287 g/mol. The van der Waals surface area contributed by atoms with Crippen molar-refractivity contribution in [1.29, 1.82) is 5.26 Å². The third-order valence-electron chi connectivity index (χ3n) is 2.84. The van der Waals surface area contributed by atoms with E-state index in [1.54, 1.807) is 12.1 Å². The maximum Gasteiger partial charge on any atom is 0.325 e. The molecule has 6 heteroatoms. The van der Waals surface area contributed by atoms with Gasteiger partial charge < -0.3 is 15.7 Å². The first-order valence-electron chi connectivity index (χ1n) is 6.33. The lowest BCUT2D eigenvalue weighted by Gasteiger charge is -2.09. The second-order valence-electron chi connectivity index (χ2n) is 4.67. The zero-order valence-electron chi connectivity index (χ0n) is 12.1. The van der Waals surface area contributed by atoms with E-state index in [1.165, 1.54) is 6.92 Å². The smallest absolute Gasteiger partial charge is 0.325 e. The van der Waals surface area contributed by atoms with Crippen molar-refractivity contribution in [1.82, 2.24) is 5.32 Å². The van der Waals surface area contributed by atoms with E-state index in [4.69, 9.17) is 10.4 Å². The summed E-state index contributed by atoms with van der Waals surface area (Å²) >= 11 is 0. The molecule has 0 bridgehead atoms. The Labute approximate surface area is 123 Å². The topological polar surface area (TPSA) is 102 Å². The third-order valence-corrected chi connectivity index (χ3v) is 2.84. The number of carboxylic acid groups (broad SMARTS) is 1. The molecule has 1 amide bonds. The van der Waals surface area contributed by atoms with Crippen molar-refractivity contribution in [3.05, 3.63) is 41.1 Å². The predicted octanol–water partition coefficient (Wildman–Crippen LogP) is 1.71. The minimum atomic E-state index is -1.07. The number of hydrogen-bond acceptors (Lipinski definition) is 4. The fourth-order valence-corrected chi connectivity index (χ4v) is 1.57. The molecule has 0 fully saturated rings. The third kappa shape index (κ3) is 4.66. The molecule has 0 aliphatic rings. The van der Waals surface area contributed by atoms with Crippen molar-refractivity contribution >= 4 is 17.6 Å². The molecule has 110 valence electrons. The van der Waals surface area contributed by atoms with Crippen LogP contribution in [0.2, 0.25) is 0 Å². The van der Waals surface area contributed by atoms with Gasteiger partial charge in [-0.2, -0.15) is 5.26 Å². The number of amides is 1. The number of aryl methyl sites for hydroxylation is 2. The minimum Gasteiger partial charge on any atom is -0.480 e. The number of nitriles is 1. The molecular formula is C15H17N3O3. The van der Waals surface area contributed by atoms with Gasteiger partial charge in [0, 0.05) is 11.9 Å². The van der Waals surface area contributed by atoms with Gasteiger partial charge in [-0.3, -0.25) is 9.59 Å². The molecule has 0 radical (unpaired) electrons. The summed E-state index contributed by atoms with van der Waals surface area (Å²) < 4.78 is 0. The maximum atomic E-state index is 12.0. The number of nitrogens with zero attached hydrogens (tertiary/aromatic N) is 1. The van der Waals surface area contributed by atoms with Crippen molar-refractivity contribution in [3.8, 4) is 6.07 Å². The van der Waals surface area contributed by atoms with Crippen molar-refractivity contribution in [3.63, 3.8) is 0 Å². The number of nitrogens with one attached hydrogen (secondary N) is 2.